The first-order chi connectivity index (χ1) is 15.1. The fraction of sp³-hybridized carbons (Fsp3) is 0.346. The molecule has 3 aliphatic rings. The molecule has 1 aliphatic carbocycles. The summed E-state index contributed by atoms with van der Waals surface area (Å²) in [6, 6.07) is 13.5. The number of ether oxygens (including phenoxy) is 2. The zero-order valence-corrected chi connectivity index (χ0v) is 17.2. The molecule has 0 radical (unpaired) electrons. The van der Waals surface area contributed by atoms with Crippen LogP contribution < -0.4 is 9.47 Å². The number of fused-ring (bicyclic) bond motifs is 4. The first-order valence-corrected chi connectivity index (χ1v) is 11.1. The Hall–Kier alpha value is -3.21. The van der Waals surface area contributed by atoms with Crippen LogP contribution in [0.1, 0.15) is 72.3 Å². The predicted molar refractivity (Wildman–Crippen MR) is 116 cm³/mol. The summed E-state index contributed by atoms with van der Waals surface area (Å²) < 4.78 is 12.3. The number of nitrogens with zero attached hydrogens (tertiary/aromatic N) is 1. The molecule has 1 fully saturated rings. The maximum atomic E-state index is 13.1. The second-order valence-electron chi connectivity index (χ2n) is 8.99. The van der Waals surface area contributed by atoms with E-state index in [1.165, 1.54) is 6.42 Å². The van der Waals surface area contributed by atoms with Crippen LogP contribution in [0.3, 0.4) is 0 Å². The van der Waals surface area contributed by atoms with Crippen LogP contribution in [0.5, 0.6) is 11.5 Å². The Morgan fingerprint density at radius 1 is 1.00 bits per heavy atom. The van der Waals surface area contributed by atoms with Crippen molar-refractivity contribution in [3.8, 4) is 11.5 Å². The molecule has 1 aromatic heterocycles. The van der Waals surface area contributed by atoms with Crippen molar-refractivity contribution in [1.29, 1.82) is 0 Å². The van der Waals surface area contributed by atoms with Gasteiger partial charge in [0.1, 0.15) is 17.1 Å². The van der Waals surface area contributed by atoms with E-state index in [4.69, 9.17) is 9.47 Å². The first kappa shape index (κ1) is 18.6. The first-order valence-electron chi connectivity index (χ1n) is 11.1. The van der Waals surface area contributed by atoms with E-state index in [2.05, 4.69) is 11.1 Å². The number of benzene rings is 2. The zero-order chi connectivity index (χ0) is 21.0. The summed E-state index contributed by atoms with van der Waals surface area (Å²) in [5.74, 6) is 0.774. The molecule has 3 heterocycles. The molecular weight excluding hydrogens is 390 g/mol. The van der Waals surface area contributed by atoms with Gasteiger partial charge in [0.2, 0.25) is 0 Å². The average Bonchev–Trinajstić information content (AvgIpc) is 2.78. The number of carbonyl (C=O) groups excluding carboxylic acids is 2. The topological polar surface area (TPSA) is 65.5 Å². The van der Waals surface area contributed by atoms with Crippen molar-refractivity contribution in [2.24, 2.45) is 0 Å². The zero-order valence-electron chi connectivity index (χ0n) is 17.2. The van der Waals surface area contributed by atoms with Crippen LogP contribution in [0.2, 0.25) is 0 Å². The number of rotatable bonds is 1. The monoisotopic (exact) mass is 413 g/mol. The number of ketones is 1. The van der Waals surface area contributed by atoms with Gasteiger partial charge in [-0.3, -0.25) is 14.6 Å². The molecule has 0 amide bonds. The Kier molecular flexibility index (Phi) is 4.13. The molecule has 1 atom stereocenters. The summed E-state index contributed by atoms with van der Waals surface area (Å²) in [5, 5.41) is 1.02. The van der Waals surface area contributed by atoms with Gasteiger partial charge >= 0.3 is 5.97 Å². The molecule has 5 nitrogen and oxygen atoms in total. The lowest BCUT2D eigenvalue weighted by molar-refractivity contribution is -0.135. The van der Waals surface area contributed by atoms with Gasteiger partial charge in [-0.05, 0) is 61.6 Å². The average molecular weight is 413 g/mol. The van der Waals surface area contributed by atoms with Crippen molar-refractivity contribution >= 4 is 22.7 Å². The SMILES string of the molecule is O=C1C[C@@H](c2ccc3ncccc3c2)c2c(ccc3c2OC2(CCCCC2)CC3=O)O1. The summed E-state index contributed by atoms with van der Waals surface area (Å²) in [5.41, 5.74) is 2.94. The van der Waals surface area contributed by atoms with E-state index in [9.17, 15) is 9.59 Å². The normalized spacial score (nSPS) is 21.9. The Labute approximate surface area is 180 Å². The van der Waals surface area contributed by atoms with Crippen molar-refractivity contribution in [2.45, 2.75) is 56.5 Å². The number of carbonyl (C=O) groups is 2. The van der Waals surface area contributed by atoms with E-state index in [0.717, 1.165) is 47.7 Å². The van der Waals surface area contributed by atoms with Crippen LogP contribution in [-0.2, 0) is 4.79 Å². The third kappa shape index (κ3) is 3.02. The molecule has 0 N–H and O–H groups in total. The molecule has 3 aromatic rings. The molecule has 31 heavy (non-hydrogen) atoms. The van der Waals surface area contributed by atoms with Gasteiger partial charge in [-0.1, -0.05) is 18.6 Å². The summed E-state index contributed by atoms with van der Waals surface area (Å²) in [4.78, 5) is 30.0. The summed E-state index contributed by atoms with van der Waals surface area (Å²) in [6.45, 7) is 0. The Bertz CT molecular complexity index is 1230. The van der Waals surface area contributed by atoms with E-state index < -0.39 is 5.60 Å². The fourth-order valence-electron chi connectivity index (χ4n) is 5.47. The molecule has 0 bridgehead atoms. The minimum atomic E-state index is -0.420. The van der Waals surface area contributed by atoms with E-state index in [1.54, 1.807) is 18.3 Å². The van der Waals surface area contributed by atoms with Crippen LogP contribution in [0.15, 0.2) is 48.7 Å². The van der Waals surface area contributed by atoms with E-state index in [1.807, 2.05) is 24.3 Å². The highest BCUT2D eigenvalue weighted by Crippen LogP contribution is 2.51. The highest BCUT2D eigenvalue weighted by Gasteiger charge is 2.44. The van der Waals surface area contributed by atoms with Crippen LogP contribution in [0.25, 0.3) is 10.9 Å². The lowest BCUT2D eigenvalue weighted by atomic mass is 9.76. The molecule has 1 saturated carbocycles. The third-order valence-corrected chi connectivity index (χ3v) is 7.00. The van der Waals surface area contributed by atoms with E-state index >= 15 is 0 Å². The second kappa shape index (κ2) is 6.91. The van der Waals surface area contributed by atoms with Crippen molar-refractivity contribution in [2.75, 3.05) is 0 Å². The maximum absolute atomic E-state index is 13.1. The van der Waals surface area contributed by atoms with E-state index in [-0.39, 0.29) is 24.1 Å². The second-order valence-corrected chi connectivity index (χ2v) is 8.99. The van der Waals surface area contributed by atoms with E-state index in [0.29, 0.717) is 23.5 Å². The highest BCUT2D eigenvalue weighted by molar-refractivity contribution is 6.01. The number of esters is 1. The third-order valence-electron chi connectivity index (χ3n) is 7.00. The molecule has 6 rings (SSSR count). The number of hydrogen-bond donors (Lipinski definition) is 0. The van der Waals surface area contributed by atoms with Gasteiger partial charge in [0.15, 0.2) is 5.78 Å². The fourth-order valence-corrected chi connectivity index (χ4v) is 5.47. The van der Waals surface area contributed by atoms with Crippen LogP contribution in [-0.4, -0.2) is 22.3 Å². The van der Waals surface area contributed by atoms with Gasteiger partial charge in [0, 0.05) is 23.1 Å². The molecular formula is C26H23NO4. The quantitative estimate of drug-likeness (QED) is 0.398. The lowest BCUT2D eigenvalue weighted by Gasteiger charge is -2.42. The molecule has 5 heteroatoms. The van der Waals surface area contributed by atoms with Gasteiger partial charge < -0.3 is 9.47 Å². The Morgan fingerprint density at radius 3 is 2.74 bits per heavy atom. The van der Waals surface area contributed by atoms with Crippen molar-refractivity contribution < 1.29 is 19.1 Å². The Balaban J connectivity index is 1.52. The highest BCUT2D eigenvalue weighted by atomic mass is 16.5. The van der Waals surface area contributed by atoms with Crippen LogP contribution in [0.4, 0.5) is 0 Å². The van der Waals surface area contributed by atoms with Gasteiger partial charge in [-0.2, -0.15) is 0 Å². The van der Waals surface area contributed by atoms with Gasteiger partial charge in [0.05, 0.1) is 23.9 Å². The summed E-state index contributed by atoms with van der Waals surface area (Å²) in [6.07, 6.45) is 7.56. The molecule has 2 aliphatic heterocycles. The van der Waals surface area contributed by atoms with Gasteiger partial charge in [-0.15, -0.1) is 0 Å². The van der Waals surface area contributed by atoms with Crippen molar-refractivity contribution in [1.82, 2.24) is 4.98 Å². The Morgan fingerprint density at radius 2 is 1.87 bits per heavy atom. The van der Waals surface area contributed by atoms with Crippen LogP contribution in [0, 0.1) is 0 Å². The largest absolute Gasteiger partial charge is 0.486 e. The summed E-state index contributed by atoms with van der Waals surface area (Å²) >= 11 is 0. The smallest absolute Gasteiger partial charge is 0.312 e. The predicted octanol–water partition coefficient (Wildman–Crippen LogP) is 5.34. The molecule has 0 saturated heterocycles. The molecule has 2 aromatic carbocycles. The number of Topliss-reactive ketones (excluding diaryl/α,β-unsaturated/α-hetero) is 1. The lowest BCUT2D eigenvalue weighted by Crippen LogP contribution is -2.44. The van der Waals surface area contributed by atoms with Crippen molar-refractivity contribution in [3.63, 3.8) is 0 Å². The molecule has 0 unspecified atom stereocenters. The number of pyridine rings is 1. The molecule has 1 spiro atoms. The number of aromatic nitrogens is 1. The van der Waals surface area contributed by atoms with Crippen molar-refractivity contribution in [3.05, 3.63) is 65.4 Å². The van der Waals surface area contributed by atoms with Gasteiger partial charge in [0.25, 0.3) is 0 Å². The maximum Gasteiger partial charge on any atom is 0.312 e. The summed E-state index contributed by atoms with van der Waals surface area (Å²) in [7, 11) is 0. The molecule has 156 valence electrons. The standard InChI is InChI=1S/C26H23NO4/c28-21-15-26(10-2-1-3-11-26)31-25-18(21)7-9-22-24(25)19(14-23(29)30-22)16-6-8-20-17(13-16)5-4-12-27-20/h4-9,12-13,19H,1-3,10-11,14-15H2/t19-/m0/s1. The minimum absolute atomic E-state index is 0.129. The van der Waals surface area contributed by atoms with Gasteiger partial charge in [-0.25, -0.2) is 0 Å². The minimum Gasteiger partial charge on any atom is -0.486 e. The van der Waals surface area contributed by atoms with Crippen LogP contribution >= 0.6 is 0 Å². The number of hydrogen-bond acceptors (Lipinski definition) is 5.